The van der Waals surface area contributed by atoms with E-state index in [4.69, 9.17) is 0 Å². The van der Waals surface area contributed by atoms with Crippen LogP contribution in [0.5, 0.6) is 0 Å². The third-order valence-corrected chi connectivity index (χ3v) is 10.2. The first-order chi connectivity index (χ1) is 15.9. The molecule has 1 unspecified atom stereocenters. The minimum Gasteiger partial charge on any atom is -0.0654 e. The second-order valence-electron chi connectivity index (χ2n) is 12.4. The maximum Gasteiger partial charge on any atom is -0.0169 e. The number of allylic oxidation sites excluding steroid dienone is 2. The summed E-state index contributed by atoms with van der Waals surface area (Å²) in [5, 5.41) is 0. The first kappa shape index (κ1) is 24.9. The Kier molecular flexibility index (Phi) is 10.5. The fourth-order valence-corrected chi connectivity index (χ4v) is 8.59. The van der Waals surface area contributed by atoms with Gasteiger partial charge in [0.15, 0.2) is 0 Å². The van der Waals surface area contributed by atoms with Gasteiger partial charge in [0.1, 0.15) is 0 Å². The highest BCUT2D eigenvalue weighted by Gasteiger charge is 2.38. The van der Waals surface area contributed by atoms with Crippen molar-refractivity contribution in [3.8, 4) is 0 Å². The summed E-state index contributed by atoms with van der Waals surface area (Å²) >= 11 is 0. The lowest BCUT2D eigenvalue weighted by atomic mass is 9.68. The van der Waals surface area contributed by atoms with Crippen LogP contribution < -0.4 is 0 Å². The summed E-state index contributed by atoms with van der Waals surface area (Å²) in [5.74, 6) is 5.00. The molecule has 4 aliphatic carbocycles. The summed E-state index contributed by atoms with van der Waals surface area (Å²) < 4.78 is 0. The second-order valence-corrected chi connectivity index (χ2v) is 12.4. The molecule has 0 aromatic rings. The summed E-state index contributed by atoms with van der Waals surface area (Å²) in [7, 11) is 0. The maximum absolute atomic E-state index is 2.34. The summed E-state index contributed by atoms with van der Waals surface area (Å²) in [6.45, 7) is 2.34. The molecule has 4 fully saturated rings. The molecular formula is C32H56. The summed E-state index contributed by atoms with van der Waals surface area (Å²) in [6, 6.07) is 0. The van der Waals surface area contributed by atoms with Gasteiger partial charge in [0.25, 0.3) is 0 Å². The number of hydrogen-bond donors (Lipinski definition) is 0. The molecule has 0 heteroatoms. The van der Waals surface area contributed by atoms with Gasteiger partial charge in [0, 0.05) is 0 Å². The average Bonchev–Trinajstić information content (AvgIpc) is 3.63. The Morgan fingerprint density at radius 1 is 0.531 bits per heavy atom. The highest BCUT2D eigenvalue weighted by molar-refractivity contribution is 5.28. The van der Waals surface area contributed by atoms with Crippen LogP contribution in [0.2, 0.25) is 0 Å². The molecule has 4 saturated carbocycles. The van der Waals surface area contributed by atoms with Crippen molar-refractivity contribution >= 4 is 0 Å². The molecule has 0 nitrogen and oxygen atoms in total. The van der Waals surface area contributed by atoms with Gasteiger partial charge in [-0.25, -0.2) is 0 Å². The zero-order valence-electron chi connectivity index (χ0n) is 21.9. The normalized spacial score (nSPS) is 24.7. The van der Waals surface area contributed by atoms with Crippen molar-refractivity contribution in [2.45, 2.75) is 161 Å². The lowest BCUT2D eigenvalue weighted by Crippen LogP contribution is -2.25. The molecule has 1 atom stereocenters. The molecule has 0 saturated heterocycles. The van der Waals surface area contributed by atoms with Crippen LogP contribution in [0.3, 0.4) is 0 Å². The van der Waals surface area contributed by atoms with Crippen molar-refractivity contribution in [2.24, 2.45) is 29.6 Å². The Labute approximate surface area is 201 Å². The van der Waals surface area contributed by atoms with Crippen LogP contribution in [-0.2, 0) is 0 Å². The lowest BCUT2D eigenvalue weighted by molar-refractivity contribution is 0.311. The first-order valence-electron chi connectivity index (χ1n) is 15.6. The fourth-order valence-electron chi connectivity index (χ4n) is 8.59. The third-order valence-electron chi connectivity index (χ3n) is 10.2. The topological polar surface area (TPSA) is 0 Å². The zero-order chi connectivity index (χ0) is 22.0. The van der Waals surface area contributed by atoms with Crippen LogP contribution >= 0.6 is 0 Å². The van der Waals surface area contributed by atoms with Crippen LogP contribution in [0.15, 0.2) is 11.1 Å². The molecule has 4 rings (SSSR count). The maximum atomic E-state index is 2.34. The molecule has 0 aliphatic heterocycles. The van der Waals surface area contributed by atoms with Gasteiger partial charge in [-0.05, 0) is 87.4 Å². The minimum atomic E-state index is 0.979. The van der Waals surface area contributed by atoms with Gasteiger partial charge in [-0.1, -0.05) is 114 Å². The smallest absolute Gasteiger partial charge is 0.0169 e. The van der Waals surface area contributed by atoms with E-state index in [9.17, 15) is 0 Å². The molecule has 0 spiro atoms. The van der Waals surface area contributed by atoms with E-state index in [0.29, 0.717) is 0 Å². The van der Waals surface area contributed by atoms with Crippen molar-refractivity contribution in [1.29, 1.82) is 0 Å². The molecule has 0 bridgehead atoms. The largest absolute Gasteiger partial charge is 0.0654 e. The Morgan fingerprint density at radius 3 is 1.50 bits per heavy atom. The summed E-state index contributed by atoms with van der Waals surface area (Å²) in [5.41, 5.74) is 4.28. The first-order valence-corrected chi connectivity index (χ1v) is 15.6. The standard InChI is InChI=1S/C32H56/c1-2-3-4-5-6-7-8-25-30(26-17-9-10-18-26)32(29-23-15-16-24-29)31(27-19-11-12-20-27)28-21-13-14-22-28/h26-30H,2-25H2,1H3. The minimum absolute atomic E-state index is 0.979. The van der Waals surface area contributed by atoms with E-state index in [-0.39, 0.29) is 0 Å². The predicted octanol–water partition coefficient (Wildman–Crippen LogP) is 10.8. The van der Waals surface area contributed by atoms with E-state index in [1.54, 1.807) is 32.1 Å². The monoisotopic (exact) mass is 440 g/mol. The molecular weight excluding hydrogens is 384 g/mol. The highest BCUT2D eigenvalue weighted by Crippen LogP contribution is 2.52. The van der Waals surface area contributed by atoms with Crippen LogP contribution in [0.4, 0.5) is 0 Å². The van der Waals surface area contributed by atoms with E-state index in [2.05, 4.69) is 18.1 Å². The van der Waals surface area contributed by atoms with Gasteiger partial charge in [0.2, 0.25) is 0 Å². The zero-order valence-corrected chi connectivity index (χ0v) is 21.9. The molecule has 0 aromatic heterocycles. The molecule has 0 heterocycles. The molecule has 32 heavy (non-hydrogen) atoms. The fraction of sp³-hybridized carbons (Fsp3) is 0.938. The molecule has 4 aliphatic rings. The van der Waals surface area contributed by atoms with Gasteiger partial charge in [0.05, 0.1) is 0 Å². The van der Waals surface area contributed by atoms with E-state index in [1.807, 2.05) is 0 Å². The van der Waals surface area contributed by atoms with Gasteiger partial charge in [-0.15, -0.1) is 0 Å². The Balaban J connectivity index is 1.55. The van der Waals surface area contributed by atoms with Gasteiger partial charge < -0.3 is 0 Å². The molecule has 184 valence electrons. The highest BCUT2D eigenvalue weighted by atomic mass is 14.4. The Hall–Kier alpha value is -0.260. The molecule has 0 aromatic carbocycles. The van der Waals surface area contributed by atoms with Crippen LogP contribution in [0, 0.1) is 29.6 Å². The molecule has 0 radical (unpaired) electrons. The van der Waals surface area contributed by atoms with E-state index >= 15 is 0 Å². The second kappa shape index (κ2) is 13.6. The number of unbranched alkanes of at least 4 members (excludes halogenated alkanes) is 6. The van der Waals surface area contributed by atoms with Gasteiger partial charge >= 0.3 is 0 Å². The molecule has 0 N–H and O–H groups in total. The number of rotatable bonds is 13. The third kappa shape index (κ3) is 6.66. The van der Waals surface area contributed by atoms with Crippen LogP contribution in [0.25, 0.3) is 0 Å². The average molecular weight is 441 g/mol. The van der Waals surface area contributed by atoms with E-state index in [1.165, 1.54) is 122 Å². The van der Waals surface area contributed by atoms with Crippen molar-refractivity contribution in [3.05, 3.63) is 11.1 Å². The SMILES string of the molecule is CCCCCCCCCC(C(=C(C1CCCC1)C1CCCC1)C1CCCC1)C1CCCC1. The lowest BCUT2D eigenvalue weighted by Gasteiger charge is -2.37. The number of hydrogen-bond acceptors (Lipinski definition) is 0. The van der Waals surface area contributed by atoms with Crippen molar-refractivity contribution in [3.63, 3.8) is 0 Å². The van der Waals surface area contributed by atoms with Crippen molar-refractivity contribution in [2.75, 3.05) is 0 Å². The van der Waals surface area contributed by atoms with Crippen molar-refractivity contribution in [1.82, 2.24) is 0 Å². The predicted molar refractivity (Wildman–Crippen MR) is 141 cm³/mol. The molecule has 0 amide bonds. The van der Waals surface area contributed by atoms with Gasteiger partial charge in [-0.3, -0.25) is 0 Å². The Morgan fingerprint density at radius 2 is 0.969 bits per heavy atom. The van der Waals surface area contributed by atoms with Crippen LogP contribution in [-0.4, -0.2) is 0 Å². The quantitative estimate of drug-likeness (QED) is 0.197. The van der Waals surface area contributed by atoms with E-state index < -0.39 is 0 Å². The van der Waals surface area contributed by atoms with E-state index in [0.717, 1.165) is 29.6 Å². The van der Waals surface area contributed by atoms with Crippen LogP contribution in [0.1, 0.15) is 161 Å². The van der Waals surface area contributed by atoms with Gasteiger partial charge in [-0.2, -0.15) is 0 Å². The van der Waals surface area contributed by atoms with Crippen molar-refractivity contribution < 1.29 is 0 Å². The Bertz CT molecular complexity index is 514. The summed E-state index contributed by atoms with van der Waals surface area (Å²) in [4.78, 5) is 0. The summed E-state index contributed by atoms with van der Waals surface area (Å²) in [6.07, 6.45) is 36.4.